The molecule has 1 heterocycles. The van der Waals surface area contributed by atoms with Crippen LogP contribution in [0.5, 0.6) is 0 Å². The first-order valence-corrected chi connectivity index (χ1v) is 18.6. The highest BCUT2D eigenvalue weighted by Crippen LogP contribution is 2.54. The molecule has 6 aromatic rings. The van der Waals surface area contributed by atoms with E-state index < -0.39 is 0 Å². The predicted molar refractivity (Wildman–Crippen MR) is 196 cm³/mol. The molecule has 1 nitrogen and oxygen atoms in total. The minimum Gasteiger partial charge on any atom is -0.311 e. The minimum absolute atomic E-state index is 0.762. The molecule has 10 rings (SSSR count). The summed E-state index contributed by atoms with van der Waals surface area (Å²) >= 11 is 1.89. The van der Waals surface area contributed by atoms with Crippen molar-refractivity contribution in [1.29, 1.82) is 0 Å². The molecule has 0 saturated heterocycles. The molecule has 0 N–H and O–H groups in total. The number of hydrogen-bond acceptors (Lipinski definition) is 2. The maximum Gasteiger partial charge on any atom is 0.0462 e. The van der Waals surface area contributed by atoms with E-state index in [9.17, 15) is 0 Å². The van der Waals surface area contributed by atoms with Gasteiger partial charge in [-0.05, 0) is 145 Å². The molecule has 228 valence electrons. The normalized spacial score (nSPS) is 26.4. The van der Waals surface area contributed by atoms with Crippen molar-refractivity contribution >= 4 is 48.6 Å². The quantitative estimate of drug-likeness (QED) is 0.180. The van der Waals surface area contributed by atoms with Gasteiger partial charge in [-0.3, -0.25) is 0 Å². The molecule has 4 aliphatic rings. The first-order chi connectivity index (χ1) is 22.7. The van der Waals surface area contributed by atoms with Crippen LogP contribution in [-0.4, -0.2) is 0 Å². The Morgan fingerprint density at radius 3 is 1.57 bits per heavy atom. The van der Waals surface area contributed by atoms with E-state index in [4.69, 9.17) is 0 Å². The minimum atomic E-state index is 0.762. The van der Waals surface area contributed by atoms with Gasteiger partial charge in [-0.2, -0.15) is 0 Å². The van der Waals surface area contributed by atoms with Crippen molar-refractivity contribution < 1.29 is 0 Å². The van der Waals surface area contributed by atoms with Crippen LogP contribution in [-0.2, 0) is 0 Å². The lowest BCUT2D eigenvalue weighted by atomic mass is 9.83. The van der Waals surface area contributed by atoms with Crippen LogP contribution in [0.3, 0.4) is 0 Å². The molecule has 0 radical (unpaired) electrons. The second-order valence-electron chi connectivity index (χ2n) is 14.9. The van der Waals surface area contributed by atoms with Crippen LogP contribution in [0.25, 0.3) is 31.3 Å². The highest BCUT2D eigenvalue weighted by Gasteiger charge is 2.41. The number of fused-ring (bicyclic) bond motifs is 7. The molecule has 4 fully saturated rings. The van der Waals surface area contributed by atoms with Crippen LogP contribution in [0.2, 0.25) is 0 Å². The van der Waals surface area contributed by atoms with E-state index in [1.165, 1.54) is 99.7 Å². The standard InChI is InChI=1S/C44H41NS/c1-2-6-42-39(4-1)44-38(5-3-7-43(44)46-42)30-12-18-35(19-13-30)45(36-20-14-31(15-21-36)40-26-28-8-10-33(40)24-28)37-22-16-32(17-23-37)41-27-29-9-11-34(41)25-29/h1-7,12-23,28-29,33-34,40-41H,8-11,24-27H2. The summed E-state index contributed by atoms with van der Waals surface area (Å²) in [5, 5.41) is 2.73. The number of benzene rings is 5. The molecule has 6 unspecified atom stereocenters. The molecule has 6 atom stereocenters. The lowest BCUT2D eigenvalue weighted by Crippen LogP contribution is -2.12. The lowest BCUT2D eigenvalue weighted by Gasteiger charge is -2.28. The van der Waals surface area contributed by atoms with Crippen LogP contribution < -0.4 is 4.90 Å². The van der Waals surface area contributed by atoms with E-state index >= 15 is 0 Å². The molecule has 4 aliphatic carbocycles. The second kappa shape index (κ2) is 10.8. The smallest absolute Gasteiger partial charge is 0.0462 e. The number of thiophene rings is 1. The summed E-state index contributed by atoms with van der Waals surface area (Å²) in [4.78, 5) is 2.47. The third kappa shape index (κ3) is 4.48. The van der Waals surface area contributed by atoms with E-state index in [1.807, 2.05) is 11.3 Å². The fraction of sp³-hybridized carbons (Fsp3) is 0.318. The van der Waals surface area contributed by atoms with Gasteiger partial charge in [0.05, 0.1) is 0 Å². The van der Waals surface area contributed by atoms with E-state index in [-0.39, 0.29) is 0 Å². The van der Waals surface area contributed by atoms with Crippen LogP contribution >= 0.6 is 11.3 Å². The van der Waals surface area contributed by atoms with Crippen molar-refractivity contribution in [3.8, 4) is 11.1 Å². The molecule has 0 aliphatic heterocycles. The van der Waals surface area contributed by atoms with E-state index in [0.29, 0.717) is 0 Å². The number of hydrogen-bond donors (Lipinski definition) is 0. The SMILES string of the molecule is c1ccc2c(c1)sc1cccc(-c3ccc(N(c4ccc(C5CC6CCC5C6)cc4)c4ccc(C5CC6CCC5C6)cc4)cc3)c12. The first kappa shape index (κ1) is 27.3. The highest BCUT2D eigenvalue weighted by atomic mass is 32.1. The number of nitrogens with zero attached hydrogens (tertiary/aromatic N) is 1. The summed E-state index contributed by atoms with van der Waals surface area (Å²) in [6.07, 6.45) is 11.5. The third-order valence-electron chi connectivity index (χ3n) is 12.5. The van der Waals surface area contributed by atoms with Crippen molar-refractivity contribution in [3.05, 3.63) is 126 Å². The fourth-order valence-electron chi connectivity index (χ4n) is 10.3. The molecule has 46 heavy (non-hydrogen) atoms. The van der Waals surface area contributed by atoms with Gasteiger partial charge in [-0.15, -0.1) is 11.3 Å². The monoisotopic (exact) mass is 615 g/mol. The van der Waals surface area contributed by atoms with Gasteiger partial charge in [0, 0.05) is 37.2 Å². The molecule has 5 aromatic carbocycles. The molecular weight excluding hydrogens is 575 g/mol. The lowest BCUT2D eigenvalue weighted by molar-refractivity contribution is 0.420. The van der Waals surface area contributed by atoms with Crippen LogP contribution in [0.15, 0.2) is 115 Å². The summed E-state index contributed by atoms with van der Waals surface area (Å²) < 4.78 is 2.71. The highest BCUT2D eigenvalue weighted by molar-refractivity contribution is 7.25. The van der Waals surface area contributed by atoms with E-state index in [0.717, 1.165) is 35.5 Å². The van der Waals surface area contributed by atoms with Crippen molar-refractivity contribution in [2.45, 2.75) is 63.2 Å². The Hall–Kier alpha value is -3.88. The number of anilines is 3. The van der Waals surface area contributed by atoms with E-state index in [2.05, 4.69) is 120 Å². The predicted octanol–water partition coefficient (Wildman–Crippen LogP) is 13.0. The third-order valence-corrected chi connectivity index (χ3v) is 13.6. The van der Waals surface area contributed by atoms with E-state index in [1.54, 1.807) is 11.1 Å². The van der Waals surface area contributed by atoms with Crippen molar-refractivity contribution in [1.82, 2.24) is 0 Å². The van der Waals surface area contributed by atoms with Gasteiger partial charge < -0.3 is 4.90 Å². The average Bonchev–Trinajstić information content (AvgIpc) is 3.96. The molecule has 1 aromatic heterocycles. The molecule has 0 spiro atoms. The average molecular weight is 616 g/mol. The summed E-state index contributed by atoms with van der Waals surface area (Å²) in [5.74, 6) is 5.27. The van der Waals surface area contributed by atoms with Gasteiger partial charge in [0.15, 0.2) is 0 Å². The Morgan fingerprint density at radius 1 is 0.478 bits per heavy atom. The van der Waals surface area contributed by atoms with Crippen LogP contribution in [0, 0.1) is 23.7 Å². The Morgan fingerprint density at radius 2 is 1.02 bits per heavy atom. The largest absolute Gasteiger partial charge is 0.311 e. The van der Waals surface area contributed by atoms with Crippen LogP contribution in [0.4, 0.5) is 17.1 Å². The van der Waals surface area contributed by atoms with Crippen molar-refractivity contribution in [2.24, 2.45) is 23.7 Å². The summed E-state index contributed by atoms with van der Waals surface area (Å²) in [7, 11) is 0. The topological polar surface area (TPSA) is 3.24 Å². The van der Waals surface area contributed by atoms with Gasteiger partial charge in [0.1, 0.15) is 0 Å². The van der Waals surface area contributed by atoms with Crippen molar-refractivity contribution in [3.63, 3.8) is 0 Å². The van der Waals surface area contributed by atoms with Gasteiger partial charge >= 0.3 is 0 Å². The summed E-state index contributed by atoms with van der Waals surface area (Å²) in [6, 6.07) is 44.2. The van der Waals surface area contributed by atoms with Gasteiger partial charge in [-0.1, -0.05) is 79.6 Å². The zero-order valence-electron chi connectivity index (χ0n) is 26.4. The Bertz CT molecular complexity index is 1960. The summed E-state index contributed by atoms with van der Waals surface area (Å²) in [5.41, 5.74) is 9.40. The van der Waals surface area contributed by atoms with Gasteiger partial charge in [-0.25, -0.2) is 0 Å². The zero-order chi connectivity index (χ0) is 30.2. The number of rotatable bonds is 6. The fourth-order valence-corrected chi connectivity index (χ4v) is 11.4. The van der Waals surface area contributed by atoms with Crippen LogP contribution in [0.1, 0.15) is 74.3 Å². The maximum atomic E-state index is 2.47. The molecule has 2 heteroatoms. The Kier molecular flexibility index (Phi) is 6.43. The van der Waals surface area contributed by atoms with Gasteiger partial charge in [0.2, 0.25) is 0 Å². The second-order valence-corrected chi connectivity index (χ2v) is 16.0. The Labute approximate surface area is 276 Å². The summed E-state index contributed by atoms with van der Waals surface area (Å²) in [6.45, 7) is 0. The van der Waals surface area contributed by atoms with Gasteiger partial charge in [0.25, 0.3) is 0 Å². The Balaban J connectivity index is 1.02. The molecule has 4 bridgehead atoms. The molecule has 4 saturated carbocycles. The molecular formula is C44H41NS. The zero-order valence-corrected chi connectivity index (χ0v) is 27.3. The maximum absolute atomic E-state index is 2.47. The first-order valence-electron chi connectivity index (χ1n) is 17.8. The van der Waals surface area contributed by atoms with Crippen molar-refractivity contribution in [2.75, 3.05) is 4.90 Å². The molecule has 0 amide bonds.